The molecule has 0 aliphatic heterocycles. The Morgan fingerprint density at radius 3 is 2.60 bits per heavy atom. The average Bonchev–Trinajstić information content (AvgIpc) is 2.55. The molecule has 8 heteroatoms. The van der Waals surface area contributed by atoms with Gasteiger partial charge in [0.05, 0.1) is 22.3 Å². The van der Waals surface area contributed by atoms with Crippen LogP contribution in [0.4, 0.5) is 5.69 Å². The van der Waals surface area contributed by atoms with Gasteiger partial charge in [0.1, 0.15) is 11.5 Å². The molecule has 0 radical (unpaired) electrons. The third kappa shape index (κ3) is 5.65. The van der Waals surface area contributed by atoms with E-state index < -0.39 is 5.97 Å². The first-order chi connectivity index (χ1) is 11.9. The number of aromatic hydroxyl groups is 1. The van der Waals surface area contributed by atoms with Crippen LogP contribution in [0.15, 0.2) is 40.9 Å². The first kappa shape index (κ1) is 19.1. The van der Waals surface area contributed by atoms with E-state index in [9.17, 15) is 14.7 Å². The van der Waals surface area contributed by atoms with Gasteiger partial charge in [-0.25, -0.2) is 4.79 Å². The zero-order chi connectivity index (χ0) is 18.4. The van der Waals surface area contributed by atoms with Gasteiger partial charge in [0.15, 0.2) is 0 Å². The van der Waals surface area contributed by atoms with Gasteiger partial charge in [-0.3, -0.25) is 4.79 Å². The van der Waals surface area contributed by atoms with Crippen LogP contribution in [0.3, 0.4) is 0 Å². The number of hydrogen-bond donors (Lipinski definition) is 3. The normalized spacial score (nSPS) is 10.3. The van der Waals surface area contributed by atoms with Crippen molar-refractivity contribution >= 4 is 45.1 Å². The van der Waals surface area contributed by atoms with Crippen LogP contribution in [0.2, 0.25) is 5.02 Å². The molecule has 0 aliphatic carbocycles. The lowest BCUT2D eigenvalue weighted by Gasteiger charge is -2.10. The number of phenols is 1. The number of anilines is 1. The van der Waals surface area contributed by atoms with E-state index in [-0.39, 0.29) is 29.3 Å². The highest BCUT2D eigenvalue weighted by Gasteiger charge is 2.10. The van der Waals surface area contributed by atoms with E-state index in [0.717, 1.165) is 10.5 Å². The van der Waals surface area contributed by atoms with Gasteiger partial charge < -0.3 is 20.3 Å². The van der Waals surface area contributed by atoms with Crippen molar-refractivity contribution in [3.05, 3.63) is 51.5 Å². The molecule has 6 nitrogen and oxygen atoms in total. The summed E-state index contributed by atoms with van der Waals surface area (Å²) in [6, 6.07) is 8.88. The Labute approximate surface area is 157 Å². The minimum atomic E-state index is -1.15. The summed E-state index contributed by atoms with van der Waals surface area (Å²) in [5.41, 5.74) is 0.105. The third-order valence-electron chi connectivity index (χ3n) is 3.22. The van der Waals surface area contributed by atoms with Gasteiger partial charge in [-0.15, -0.1) is 0 Å². The van der Waals surface area contributed by atoms with Crippen LogP contribution >= 0.6 is 27.5 Å². The van der Waals surface area contributed by atoms with Crippen LogP contribution in [0, 0.1) is 0 Å². The molecule has 0 saturated heterocycles. The fraction of sp³-hybridized carbons (Fsp3) is 0.176. The zero-order valence-electron chi connectivity index (χ0n) is 13.0. The molecule has 0 saturated carbocycles. The summed E-state index contributed by atoms with van der Waals surface area (Å²) in [4.78, 5) is 22.7. The molecular weight excluding hydrogens is 414 g/mol. The number of halogens is 2. The Morgan fingerprint density at radius 1 is 1.20 bits per heavy atom. The van der Waals surface area contributed by atoms with Gasteiger partial charge >= 0.3 is 5.97 Å². The smallest absolute Gasteiger partial charge is 0.335 e. The molecule has 25 heavy (non-hydrogen) atoms. The molecule has 0 unspecified atom stereocenters. The fourth-order valence-electron chi connectivity index (χ4n) is 1.99. The van der Waals surface area contributed by atoms with Crippen molar-refractivity contribution in [3.63, 3.8) is 0 Å². The minimum Gasteiger partial charge on any atom is -0.506 e. The number of carboxylic acid groups (broad SMARTS) is 1. The maximum Gasteiger partial charge on any atom is 0.335 e. The quantitative estimate of drug-likeness (QED) is 0.451. The summed E-state index contributed by atoms with van der Waals surface area (Å²) in [6.07, 6.45) is 0.653. The van der Waals surface area contributed by atoms with Crippen molar-refractivity contribution < 1.29 is 24.5 Å². The summed E-state index contributed by atoms with van der Waals surface area (Å²) in [7, 11) is 0. The number of carbonyl (C=O) groups excluding carboxylic acids is 1. The van der Waals surface area contributed by atoms with Crippen molar-refractivity contribution in [2.24, 2.45) is 0 Å². The number of carboxylic acids is 1. The number of amides is 1. The van der Waals surface area contributed by atoms with E-state index >= 15 is 0 Å². The number of ether oxygens (including phenoxy) is 1. The van der Waals surface area contributed by atoms with E-state index in [4.69, 9.17) is 21.4 Å². The maximum absolute atomic E-state index is 11.9. The fourth-order valence-corrected chi connectivity index (χ4v) is 2.79. The molecule has 0 aliphatic rings. The predicted octanol–water partition coefficient (Wildman–Crippen LogP) is 4.30. The average molecular weight is 429 g/mol. The molecule has 132 valence electrons. The van der Waals surface area contributed by atoms with Crippen LogP contribution in [-0.2, 0) is 4.79 Å². The van der Waals surface area contributed by atoms with Crippen molar-refractivity contribution in [2.75, 3.05) is 11.9 Å². The van der Waals surface area contributed by atoms with E-state index in [1.54, 1.807) is 18.2 Å². The lowest BCUT2D eigenvalue weighted by molar-refractivity contribution is -0.116. The SMILES string of the molecule is O=C(CCCOc1ccc(Cl)cc1Br)Nc1ccc(C(=O)O)cc1O. The summed E-state index contributed by atoms with van der Waals surface area (Å²) in [6.45, 7) is 0.331. The Kier molecular flexibility index (Phi) is 6.66. The predicted molar refractivity (Wildman–Crippen MR) is 97.6 cm³/mol. The lowest BCUT2D eigenvalue weighted by atomic mass is 10.2. The molecule has 1 amide bonds. The summed E-state index contributed by atoms with van der Waals surface area (Å²) in [5.74, 6) is -1.13. The van der Waals surface area contributed by atoms with Gasteiger partial charge in [-0.2, -0.15) is 0 Å². The van der Waals surface area contributed by atoms with Crippen LogP contribution in [-0.4, -0.2) is 28.7 Å². The van der Waals surface area contributed by atoms with Crippen LogP contribution < -0.4 is 10.1 Å². The second kappa shape index (κ2) is 8.73. The zero-order valence-corrected chi connectivity index (χ0v) is 15.3. The molecule has 0 aromatic heterocycles. The molecule has 2 aromatic carbocycles. The summed E-state index contributed by atoms with van der Waals surface area (Å²) in [5, 5.41) is 21.7. The highest BCUT2D eigenvalue weighted by atomic mass is 79.9. The summed E-state index contributed by atoms with van der Waals surface area (Å²) < 4.78 is 6.29. The first-order valence-electron chi connectivity index (χ1n) is 7.31. The molecule has 2 aromatic rings. The largest absolute Gasteiger partial charge is 0.506 e. The van der Waals surface area contributed by atoms with Crippen molar-refractivity contribution in [3.8, 4) is 11.5 Å². The number of hydrogen-bond acceptors (Lipinski definition) is 4. The van der Waals surface area contributed by atoms with E-state index in [1.165, 1.54) is 12.1 Å². The Morgan fingerprint density at radius 2 is 1.96 bits per heavy atom. The summed E-state index contributed by atoms with van der Waals surface area (Å²) >= 11 is 9.18. The third-order valence-corrected chi connectivity index (χ3v) is 4.07. The Hall–Kier alpha value is -2.25. The lowest BCUT2D eigenvalue weighted by Crippen LogP contribution is -2.13. The highest BCUT2D eigenvalue weighted by Crippen LogP contribution is 2.28. The molecule has 0 fully saturated rings. The molecule has 0 heterocycles. The van der Waals surface area contributed by atoms with Gasteiger partial charge in [0.25, 0.3) is 0 Å². The molecule has 3 N–H and O–H groups in total. The van der Waals surface area contributed by atoms with Crippen LogP contribution in [0.25, 0.3) is 0 Å². The molecule has 0 atom stereocenters. The topological polar surface area (TPSA) is 95.9 Å². The maximum atomic E-state index is 11.9. The molecular formula is C17H15BrClNO5. The van der Waals surface area contributed by atoms with Gasteiger partial charge in [0, 0.05) is 11.4 Å². The number of carbonyl (C=O) groups is 2. The van der Waals surface area contributed by atoms with Crippen molar-refractivity contribution in [1.82, 2.24) is 0 Å². The van der Waals surface area contributed by atoms with Crippen LogP contribution in [0.5, 0.6) is 11.5 Å². The molecule has 2 rings (SSSR count). The van der Waals surface area contributed by atoms with E-state index in [0.29, 0.717) is 23.8 Å². The Bertz CT molecular complexity index is 797. The molecule has 0 spiro atoms. The standard InChI is InChI=1S/C17H15BrClNO5/c18-12-9-11(19)4-6-15(12)25-7-1-2-16(22)20-13-5-3-10(17(23)24)8-14(13)21/h3-6,8-9,21H,1-2,7H2,(H,20,22)(H,23,24). The number of benzene rings is 2. The van der Waals surface area contributed by atoms with Gasteiger partial charge in [-0.05, 0) is 58.7 Å². The second-order valence-electron chi connectivity index (χ2n) is 5.11. The number of aromatic carboxylic acids is 1. The van der Waals surface area contributed by atoms with Crippen molar-refractivity contribution in [1.29, 1.82) is 0 Å². The minimum absolute atomic E-state index is 0.0579. The van der Waals surface area contributed by atoms with Gasteiger partial charge in [0.2, 0.25) is 5.91 Å². The van der Waals surface area contributed by atoms with Gasteiger partial charge in [-0.1, -0.05) is 11.6 Å². The van der Waals surface area contributed by atoms with E-state index in [1.807, 2.05) is 0 Å². The molecule has 0 bridgehead atoms. The first-order valence-corrected chi connectivity index (χ1v) is 8.48. The number of phenolic OH excluding ortho intramolecular Hbond substituents is 1. The van der Waals surface area contributed by atoms with E-state index in [2.05, 4.69) is 21.2 Å². The number of rotatable bonds is 7. The Balaban J connectivity index is 1.80. The number of nitrogens with one attached hydrogen (secondary N) is 1. The second-order valence-corrected chi connectivity index (χ2v) is 6.40. The monoisotopic (exact) mass is 427 g/mol. The van der Waals surface area contributed by atoms with Crippen molar-refractivity contribution in [2.45, 2.75) is 12.8 Å². The van der Waals surface area contributed by atoms with Crippen LogP contribution in [0.1, 0.15) is 23.2 Å². The highest BCUT2D eigenvalue weighted by molar-refractivity contribution is 9.10.